The van der Waals surface area contributed by atoms with Gasteiger partial charge in [0, 0.05) is 38.4 Å². The first kappa shape index (κ1) is 18.3. The summed E-state index contributed by atoms with van der Waals surface area (Å²) in [5.41, 5.74) is 2.09. The summed E-state index contributed by atoms with van der Waals surface area (Å²) in [5, 5.41) is 6.85. The molecule has 0 spiro atoms. The van der Waals surface area contributed by atoms with E-state index < -0.39 is 0 Å². The van der Waals surface area contributed by atoms with E-state index in [1.165, 1.54) is 19.3 Å². The van der Waals surface area contributed by atoms with Gasteiger partial charge in [0.2, 0.25) is 0 Å². The molecule has 2 aromatic heterocycles. The first-order valence-corrected chi connectivity index (χ1v) is 8.98. The van der Waals surface area contributed by atoms with Crippen molar-refractivity contribution < 1.29 is 0 Å². The van der Waals surface area contributed by atoms with Crippen LogP contribution in [-0.2, 0) is 6.42 Å². The summed E-state index contributed by atoms with van der Waals surface area (Å²) in [5.74, 6) is 1.65. The lowest BCUT2D eigenvalue weighted by Crippen LogP contribution is -2.42. The quantitative estimate of drug-likeness (QED) is 0.577. The van der Waals surface area contributed by atoms with Crippen molar-refractivity contribution in [2.45, 2.75) is 52.5 Å². The standard InChI is InChI=1S/C19H31N5/c1-15(2)8-7-9-16(3)22-19(20-4)21-12-11-17-14-24-13-6-5-10-18(24)23-17/h5-6,10,13-16H,7-9,11-12H2,1-4H3,(H2,20,21,22). The van der Waals surface area contributed by atoms with E-state index in [1.807, 2.05) is 31.4 Å². The van der Waals surface area contributed by atoms with Crippen LogP contribution in [0.15, 0.2) is 35.6 Å². The molecule has 132 valence electrons. The molecule has 1 atom stereocenters. The molecule has 0 aliphatic rings. The molecule has 1 unspecified atom stereocenters. The molecule has 0 aromatic carbocycles. The van der Waals surface area contributed by atoms with Gasteiger partial charge in [-0.05, 0) is 31.4 Å². The molecule has 0 saturated heterocycles. The van der Waals surface area contributed by atoms with Gasteiger partial charge in [0.15, 0.2) is 5.96 Å². The van der Waals surface area contributed by atoms with E-state index in [2.05, 4.69) is 52.0 Å². The fourth-order valence-electron chi connectivity index (χ4n) is 2.75. The third-order valence-electron chi connectivity index (χ3n) is 4.11. The molecule has 2 aromatic rings. The molecule has 0 radical (unpaired) electrons. The summed E-state index contributed by atoms with van der Waals surface area (Å²) >= 11 is 0. The number of pyridine rings is 1. The molecule has 0 aliphatic heterocycles. The van der Waals surface area contributed by atoms with E-state index in [4.69, 9.17) is 0 Å². The van der Waals surface area contributed by atoms with Crippen molar-refractivity contribution in [2.75, 3.05) is 13.6 Å². The Labute approximate surface area is 145 Å². The number of aliphatic imine (C=N–C) groups is 1. The predicted octanol–water partition coefficient (Wildman–Crippen LogP) is 3.26. The van der Waals surface area contributed by atoms with Crippen LogP contribution in [0.3, 0.4) is 0 Å². The zero-order valence-corrected chi connectivity index (χ0v) is 15.4. The molecule has 5 nitrogen and oxygen atoms in total. The molecule has 0 aliphatic carbocycles. The van der Waals surface area contributed by atoms with Crippen molar-refractivity contribution in [3.63, 3.8) is 0 Å². The van der Waals surface area contributed by atoms with E-state index in [-0.39, 0.29) is 0 Å². The molecule has 5 heteroatoms. The third-order valence-corrected chi connectivity index (χ3v) is 4.11. The lowest BCUT2D eigenvalue weighted by atomic mass is 10.0. The van der Waals surface area contributed by atoms with E-state index in [0.717, 1.165) is 36.2 Å². The highest BCUT2D eigenvalue weighted by molar-refractivity contribution is 5.79. The zero-order valence-electron chi connectivity index (χ0n) is 15.4. The van der Waals surface area contributed by atoms with E-state index in [9.17, 15) is 0 Å². The Balaban J connectivity index is 1.73. The van der Waals surface area contributed by atoms with Gasteiger partial charge < -0.3 is 15.0 Å². The minimum atomic E-state index is 0.435. The first-order chi connectivity index (χ1) is 11.6. The molecule has 0 amide bonds. The Bertz CT molecular complexity index is 611. The number of guanidine groups is 1. The SMILES string of the molecule is CN=C(NCCc1cn2ccccc2n1)NC(C)CCCC(C)C. The lowest BCUT2D eigenvalue weighted by molar-refractivity contribution is 0.491. The van der Waals surface area contributed by atoms with Gasteiger partial charge in [-0.1, -0.05) is 32.8 Å². The van der Waals surface area contributed by atoms with Crippen LogP contribution in [0.25, 0.3) is 5.65 Å². The Kier molecular flexibility index (Phi) is 7.09. The third kappa shape index (κ3) is 5.87. The van der Waals surface area contributed by atoms with Crippen LogP contribution >= 0.6 is 0 Å². The summed E-state index contributed by atoms with van der Waals surface area (Å²) in [4.78, 5) is 8.93. The Morgan fingerprint density at radius 1 is 1.25 bits per heavy atom. The Morgan fingerprint density at radius 2 is 2.08 bits per heavy atom. The summed E-state index contributed by atoms with van der Waals surface area (Å²) < 4.78 is 2.05. The van der Waals surface area contributed by atoms with Crippen LogP contribution in [0.4, 0.5) is 0 Å². The van der Waals surface area contributed by atoms with Crippen LogP contribution in [-0.4, -0.2) is 35.0 Å². The van der Waals surface area contributed by atoms with Gasteiger partial charge in [0.1, 0.15) is 5.65 Å². The normalized spacial score (nSPS) is 13.5. The summed E-state index contributed by atoms with van der Waals surface area (Å²) in [6, 6.07) is 6.49. The van der Waals surface area contributed by atoms with Gasteiger partial charge in [0.25, 0.3) is 0 Å². The van der Waals surface area contributed by atoms with Crippen LogP contribution in [0.5, 0.6) is 0 Å². The van der Waals surface area contributed by atoms with Gasteiger partial charge in [-0.15, -0.1) is 0 Å². The van der Waals surface area contributed by atoms with Crippen LogP contribution < -0.4 is 10.6 Å². The topological polar surface area (TPSA) is 53.7 Å². The molecule has 0 bridgehead atoms. The molecule has 24 heavy (non-hydrogen) atoms. The van der Waals surface area contributed by atoms with Crippen molar-refractivity contribution >= 4 is 11.6 Å². The molecular formula is C19H31N5. The molecule has 2 N–H and O–H groups in total. The number of rotatable bonds is 8. The maximum absolute atomic E-state index is 4.62. The molecule has 0 saturated carbocycles. The average Bonchev–Trinajstić information content (AvgIpc) is 2.96. The number of hydrogen-bond acceptors (Lipinski definition) is 2. The van der Waals surface area contributed by atoms with Crippen LogP contribution in [0, 0.1) is 5.92 Å². The van der Waals surface area contributed by atoms with E-state index in [1.54, 1.807) is 0 Å². The van der Waals surface area contributed by atoms with Crippen molar-refractivity contribution in [2.24, 2.45) is 10.9 Å². The monoisotopic (exact) mass is 329 g/mol. The minimum absolute atomic E-state index is 0.435. The maximum atomic E-state index is 4.62. The second-order valence-electron chi connectivity index (χ2n) is 6.82. The number of nitrogens with one attached hydrogen (secondary N) is 2. The number of aromatic nitrogens is 2. The second kappa shape index (κ2) is 9.30. The highest BCUT2D eigenvalue weighted by atomic mass is 15.2. The number of nitrogens with zero attached hydrogens (tertiary/aromatic N) is 3. The van der Waals surface area contributed by atoms with Crippen molar-refractivity contribution in [1.29, 1.82) is 0 Å². The molecular weight excluding hydrogens is 298 g/mol. The first-order valence-electron chi connectivity index (χ1n) is 8.98. The smallest absolute Gasteiger partial charge is 0.191 e. The number of fused-ring (bicyclic) bond motifs is 1. The Morgan fingerprint density at radius 3 is 2.79 bits per heavy atom. The largest absolute Gasteiger partial charge is 0.356 e. The van der Waals surface area contributed by atoms with E-state index in [0.29, 0.717) is 6.04 Å². The van der Waals surface area contributed by atoms with Gasteiger partial charge in [-0.3, -0.25) is 4.99 Å². The molecule has 0 fully saturated rings. The number of imidazole rings is 1. The summed E-state index contributed by atoms with van der Waals surface area (Å²) in [6.45, 7) is 7.59. The van der Waals surface area contributed by atoms with Crippen molar-refractivity contribution in [1.82, 2.24) is 20.0 Å². The summed E-state index contributed by atoms with van der Waals surface area (Å²) in [6.07, 6.45) is 8.70. The van der Waals surface area contributed by atoms with Gasteiger partial charge >= 0.3 is 0 Å². The maximum Gasteiger partial charge on any atom is 0.191 e. The van der Waals surface area contributed by atoms with Gasteiger partial charge in [-0.25, -0.2) is 4.98 Å². The molecule has 2 rings (SSSR count). The minimum Gasteiger partial charge on any atom is -0.356 e. The van der Waals surface area contributed by atoms with Gasteiger partial charge in [0.05, 0.1) is 5.69 Å². The lowest BCUT2D eigenvalue weighted by Gasteiger charge is -2.18. The molecule has 2 heterocycles. The van der Waals surface area contributed by atoms with E-state index >= 15 is 0 Å². The zero-order chi connectivity index (χ0) is 17.4. The fraction of sp³-hybridized carbons (Fsp3) is 0.579. The average molecular weight is 329 g/mol. The van der Waals surface area contributed by atoms with Gasteiger partial charge in [-0.2, -0.15) is 0 Å². The fourth-order valence-corrected chi connectivity index (χ4v) is 2.75. The van der Waals surface area contributed by atoms with Crippen molar-refractivity contribution in [3.8, 4) is 0 Å². The highest BCUT2D eigenvalue weighted by Gasteiger charge is 2.06. The summed E-state index contributed by atoms with van der Waals surface area (Å²) in [7, 11) is 1.82. The van der Waals surface area contributed by atoms with Crippen LogP contribution in [0.2, 0.25) is 0 Å². The second-order valence-corrected chi connectivity index (χ2v) is 6.82. The number of hydrogen-bond donors (Lipinski definition) is 2. The Hall–Kier alpha value is -2.04. The predicted molar refractivity (Wildman–Crippen MR) is 102 cm³/mol. The van der Waals surface area contributed by atoms with Crippen LogP contribution in [0.1, 0.15) is 45.7 Å². The highest BCUT2D eigenvalue weighted by Crippen LogP contribution is 2.08. The van der Waals surface area contributed by atoms with Crippen molar-refractivity contribution in [3.05, 3.63) is 36.3 Å².